The Balaban J connectivity index is 1.58. The van der Waals surface area contributed by atoms with Crippen LogP contribution in [-0.2, 0) is 16.2 Å². The van der Waals surface area contributed by atoms with Gasteiger partial charge >= 0.3 is 0 Å². The first-order valence-corrected chi connectivity index (χ1v) is 11.6. The Bertz CT molecular complexity index is 1210. The summed E-state index contributed by atoms with van der Waals surface area (Å²) in [4.78, 5) is 29.5. The van der Waals surface area contributed by atoms with E-state index in [1.807, 2.05) is 50.2 Å². The van der Waals surface area contributed by atoms with E-state index in [9.17, 15) is 14.0 Å². The summed E-state index contributed by atoms with van der Waals surface area (Å²) < 4.78 is 14.4. The van der Waals surface area contributed by atoms with E-state index < -0.39 is 10.7 Å². The van der Waals surface area contributed by atoms with Crippen molar-refractivity contribution in [1.82, 2.24) is 4.90 Å². The summed E-state index contributed by atoms with van der Waals surface area (Å²) >= 11 is 1.41. The van der Waals surface area contributed by atoms with E-state index in [0.29, 0.717) is 35.7 Å². The number of nitrogens with zero attached hydrogens (tertiary/aromatic N) is 2. The second kappa shape index (κ2) is 7.78. The van der Waals surface area contributed by atoms with Crippen LogP contribution in [0.15, 0.2) is 66.7 Å². The Hall–Kier alpha value is -3.12. The first kappa shape index (κ1) is 20.8. The molecular weight excluding hydrogens is 423 g/mol. The lowest BCUT2D eigenvalue weighted by atomic mass is 10.0. The topological polar surface area (TPSA) is 40.6 Å². The van der Waals surface area contributed by atoms with Gasteiger partial charge in [-0.05, 0) is 49.7 Å². The summed E-state index contributed by atoms with van der Waals surface area (Å²) in [5.74, 6) is -0.210. The van der Waals surface area contributed by atoms with E-state index in [0.717, 1.165) is 16.7 Å². The third kappa shape index (κ3) is 3.21. The third-order valence-electron chi connectivity index (χ3n) is 6.16. The Morgan fingerprint density at radius 3 is 2.34 bits per heavy atom. The lowest BCUT2D eigenvalue weighted by molar-refractivity contribution is -0.123. The molecule has 2 aliphatic heterocycles. The molecule has 1 saturated heterocycles. The highest BCUT2D eigenvalue weighted by atomic mass is 32.2. The fourth-order valence-electron chi connectivity index (χ4n) is 4.47. The molecular formula is C26H23FN2O2S. The lowest BCUT2D eigenvalue weighted by Gasteiger charge is -2.33. The number of fused-ring (bicyclic) bond motifs is 2. The van der Waals surface area contributed by atoms with Crippen LogP contribution in [0.25, 0.3) is 0 Å². The zero-order valence-electron chi connectivity index (χ0n) is 18.0. The van der Waals surface area contributed by atoms with Gasteiger partial charge in [0.05, 0.1) is 12.2 Å². The predicted molar refractivity (Wildman–Crippen MR) is 125 cm³/mol. The van der Waals surface area contributed by atoms with Crippen LogP contribution in [0.1, 0.15) is 32.6 Å². The molecule has 162 valence electrons. The summed E-state index contributed by atoms with van der Waals surface area (Å²) in [7, 11) is 0. The average molecular weight is 447 g/mol. The summed E-state index contributed by atoms with van der Waals surface area (Å²) in [6.07, 6.45) is 0. The highest BCUT2D eigenvalue weighted by Crippen LogP contribution is 2.54. The quantitative estimate of drug-likeness (QED) is 0.567. The zero-order valence-corrected chi connectivity index (χ0v) is 18.8. The normalized spacial score (nSPS) is 19.7. The molecule has 2 amide bonds. The van der Waals surface area contributed by atoms with Crippen molar-refractivity contribution < 1.29 is 14.0 Å². The fraction of sp³-hybridized carbons (Fsp3) is 0.231. The van der Waals surface area contributed by atoms with Gasteiger partial charge in [0.15, 0.2) is 4.87 Å². The van der Waals surface area contributed by atoms with Crippen molar-refractivity contribution in [2.45, 2.75) is 25.3 Å². The van der Waals surface area contributed by atoms with Gasteiger partial charge in [-0.3, -0.25) is 9.59 Å². The van der Waals surface area contributed by atoms with E-state index in [1.165, 1.54) is 23.9 Å². The van der Waals surface area contributed by atoms with Crippen molar-refractivity contribution in [2.24, 2.45) is 0 Å². The summed E-state index contributed by atoms with van der Waals surface area (Å²) in [5.41, 5.74) is 4.92. The molecule has 2 heterocycles. The number of carbonyl (C=O) groups is 2. The number of halogens is 1. The van der Waals surface area contributed by atoms with Gasteiger partial charge in [0.1, 0.15) is 5.82 Å². The minimum absolute atomic E-state index is 0.193. The molecule has 0 aromatic heterocycles. The second-order valence-corrected chi connectivity index (χ2v) is 9.64. The van der Waals surface area contributed by atoms with Gasteiger partial charge in [0.2, 0.25) is 0 Å². The highest BCUT2D eigenvalue weighted by Gasteiger charge is 2.59. The SMILES string of the molecule is Cc1ccc(CN2C(=O)[C@@]3(SCCN3C(=O)c3ccc(C)cc3)c3cc(F)ccc32)cc1. The molecule has 0 saturated carbocycles. The van der Waals surface area contributed by atoms with Crippen molar-refractivity contribution in [1.29, 1.82) is 0 Å². The second-order valence-electron chi connectivity index (χ2n) is 8.35. The van der Waals surface area contributed by atoms with E-state index in [-0.39, 0.29) is 11.8 Å². The van der Waals surface area contributed by atoms with E-state index in [2.05, 4.69) is 0 Å². The van der Waals surface area contributed by atoms with E-state index in [4.69, 9.17) is 0 Å². The molecule has 3 aromatic rings. The number of carbonyl (C=O) groups excluding carboxylic acids is 2. The van der Waals surface area contributed by atoms with Crippen LogP contribution < -0.4 is 4.90 Å². The monoisotopic (exact) mass is 446 g/mol. The molecule has 3 aromatic carbocycles. The molecule has 1 fully saturated rings. The minimum Gasteiger partial charge on any atom is -0.311 e. The fourth-order valence-corrected chi connectivity index (χ4v) is 5.92. The molecule has 0 unspecified atom stereocenters. The Morgan fingerprint density at radius 2 is 1.66 bits per heavy atom. The molecule has 0 aliphatic carbocycles. The van der Waals surface area contributed by atoms with Crippen LogP contribution in [0, 0.1) is 19.7 Å². The van der Waals surface area contributed by atoms with Gasteiger partial charge in [0.25, 0.3) is 11.8 Å². The molecule has 1 spiro atoms. The van der Waals surface area contributed by atoms with Crippen LogP contribution in [0.4, 0.5) is 10.1 Å². The molecule has 0 radical (unpaired) electrons. The van der Waals surface area contributed by atoms with Crippen molar-refractivity contribution in [3.05, 3.63) is 100 Å². The van der Waals surface area contributed by atoms with Gasteiger partial charge < -0.3 is 9.80 Å². The van der Waals surface area contributed by atoms with Gasteiger partial charge in [-0.25, -0.2) is 4.39 Å². The minimum atomic E-state index is -1.25. The highest BCUT2D eigenvalue weighted by molar-refractivity contribution is 8.01. The van der Waals surface area contributed by atoms with Crippen LogP contribution >= 0.6 is 11.8 Å². The average Bonchev–Trinajstić information content (AvgIpc) is 3.32. The van der Waals surface area contributed by atoms with Gasteiger partial charge in [0, 0.05) is 23.4 Å². The molecule has 1 atom stereocenters. The number of anilines is 1. The van der Waals surface area contributed by atoms with E-state index >= 15 is 0 Å². The molecule has 0 N–H and O–H groups in total. The largest absolute Gasteiger partial charge is 0.311 e. The maximum absolute atomic E-state index is 14.4. The summed E-state index contributed by atoms with van der Waals surface area (Å²) in [6, 6.07) is 19.8. The van der Waals surface area contributed by atoms with Crippen molar-refractivity contribution in [2.75, 3.05) is 17.2 Å². The Morgan fingerprint density at radius 1 is 1.00 bits per heavy atom. The van der Waals surface area contributed by atoms with Crippen LogP contribution in [0.3, 0.4) is 0 Å². The van der Waals surface area contributed by atoms with Crippen molar-refractivity contribution >= 4 is 29.3 Å². The molecule has 0 bridgehead atoms. The Labute approximate surface area is 191 Å². The Kier molecular flexibility index (Phi) is 5.05. The van der Waals surface area contributed by atoms with Crippen molar-refractivity contribution in [3.63, 3.8) is 0 Å². The maximum atomic E-state index is 14.4. The molecule has 32 heavy (non-hydrogen) atoms. The first-order chi connectivity index (χ1) is 15.4. The van der Waals surface area contributed by atoms with Crippen LogP contribution in [0.5, 0.6) is 0 Å². The van der Waals surface area contributed by atoms with Gasteiger partial charge in [-0.15, -0.1) is 11.8 Å². The molecule has 6 heteroatoms. The van der Waals surface area contributed by atoms with Crippen molar-refractivity contribution in [3.8, 4) is 0 Å². The van der Waals surface area contributed by atoms with Crippen LogP contribution in [0.2, 0.25) is 0 Å². The smallest absolute Gasteiger partial charge is 0.268 e. The number of thioether (sulfide) groups is 1. The number of aryl methyl sites for hydroxylation is 2. The van der Waals surface area contributed by atoms with Gasteiger partial charge in [-0.1, -0.05) is 47.5 Å². The molecule has 5 rings (SSSR count). The molecule has 4 nitrogen and oxygen atoms in total. The number of benzene rings is 3. The number of rotatable bonds is 3. The van der Waals surface area contributed by atoms with Crippen LogP contribution in [-0.4, -0.2) is 29.0 Å². The van der Waals surface area contributed by atoms with Gasteiger partial charge in [-0.2, -0.15) is 0 Å². The number of amides is 2. The predicted octanol–water partition coefficient (Wildman–Crippen LogP) is 5.03. The third-order valence-corrected chi connectivity index (χ3v) is 7.58. The first-order valence-electron chi connectivity index (χ1n) is 10.6. The maximum Gasteiger partial charge on any atom is 0.268 e. The molecule has 2 aliphatic rings. The number of hydrogen-bond donors (Lipinski definition) is 0. The number of hydrogen-bond acceptors (Lipinski definition) is 3. The zero-order chi connectivity index (χ0) is 22.5. The standard InChI is InChI=1S/C26H23FN2O2S/c1-17-3-7-19(8-4-17)16-28-23-12-11-21(27)15-22(23)26(25(28)31)29(13-14-32-26)24(30)20-9-5-18(2)6-10-20/h3-12,15H,13-14,16H2,1-2H3/t26-/m0/s1. The summed E-state index contributed by atoms with van der Waals surface area (Å²) in [5, 5.41) is 0. The van der Waals surface area contributed by atoms with E-state index in [1.54, 1.807) is 28.0 Å². The lowest BCUT2D eigenvalue weighted by Crippen LogP contribution is -2.50. The summed E-state index contributed by atoms with van der Waals surface area (Å²) in [6.45, 7) is 4.77.